The van der Waals surface area contributed by atoms with Crippen molar-refractivity contribution in [3.8, 4) is 5.75 Å². The number of rotatable bonds is 5. The highest BCUT2D eigenvalue weighted by Gasteiger charge is 2.12. The van der Waals surface area contributed by atoms with Crippen molar-refractivity contribution in [3.63, 3.8) is 0 Å². The Bertz CT molecular complexity index is 686. The maximum absolute atomic E-state index is 11.9. The molecule has 1 aromatic carbocycles. The molecule has 0 aliphatic heterocycles. The van der Waals surface area contributed by atoms with Crippen LogP contribution in [0.4, 0.5) is 5.69 Å². The Morgan fingerprint density at radius 1 is 1.48 bits per heavy atom. The molecule has 0 unspecified atom stereocenters. The number of carbonyl (C=O) groups excluding carboxylic acids is 1. The van der Waals surface area contributed by atoms with Crippen molar-refractivity contribution in [1.82, 2.24) is 15.0 Å². The van der Waals surface area contributed by atoms with Gasteiger partial charge in [0.25, 0.3) is 0 Å². The Balaban J connectivity index is 2.07. The van der Waals surface area contributed by atoms with Crippen LogP contribution in [-0.4, -0.2) is 39.1 Å². The van der Waals surface area contributed by atoms with Gasteiger partial charge in [0, 0.05) is 5.02 Å². The lowest BCUT2D eigenvalue weighted by atomic mass is 10.3. The van der Waals surface area contributed by atoms with Crippen LogP contribution in [-0.2, 0) is 11.3 Å². The second kappa shape index (κ2) is 6.23. The van der Waals surface area contributed by atoms with Gasteiger partial charge in [0.15, 0.2) is 5.69 Å². The largest absolute Gasteiger partial charge is 0.495 e. The van der Waals surface area contributed by atoms with Crippen LogP contribution in [0.3, 0.4) is 0 Å². The number of benzene rings is 1. The number of hydrogen-bond donors (Lipinski definition) is 2. The predicted octanol–water partition coefficient (Wildman–Crippen LogP) is 1.28. The van der Waals surface area contributed by atoms with E-state index >= 15 is 0 Å². The number of halogens is 1. The van der Waals surface area contributed by atoms with E-state index in [1.165, 1.54) is 7.11 Å². The van der Waals surface area contributed by atoms with Crippen molar-refractivity contribution in [3.05, 3.63) is 35.1 Å². The van der Waals surface area contributed by atoms with Crippen molar-refractivity contribution < 1.29 is 19.4 Å². The molecule has 110 valence electrons. The lowest BCUT2D eigenvalue weighted by Gasteiger charge is -2.10. The van der Waals surface area contributed by atoms with Crippen molar-refractivity contribution in [2.45, 2.75) is 6.54 Å². The summed E-state index contributed by atoms with van der Waals surface area (Å²) < 4.78 is 6.22. The van der Waals surface area contributed by atoms with Crippen LogP contribution in [0.15, 0.2) is 24.4 Å². The summed E-state index contributed by atoms with van der Waals surface area (Å²) in [6, 6.07) is 4.80. The number of anilines is 1. The lowest BCUT2D eigenvalue weighted by molar-refractivity contribution is -0.116. The van der Waals surface area contributed by atoms with Crippen LogP contribution < -0.4 is 10.1 Å². The highest BCUT2D eigenvalue weighted by molar-refractivity contribution is 6.31. The molecule has 1 heterocycles. The van der Waals surface area contributed by atoms with Crippen molar-refractivity contribution in [2.75, 3.05) is 12.4 Å². The lowest BCUT2D eigenvalue weighted by Crippen LogP contribution is -2.19. The van der Waals surface area contributed by atoms with Gasteiger partial charge in [-0.3, -0.25) is 4.79 Å². The zero-order valence-electron chi connectivity index (χ0n) is 10.9. The number of carboxylic acid groups (broad SMARTS) is 1. The first kappa shape index (κ1) is 14.8. The first-order valence-corrected chi connectivity index (χ1v) is 6.14. The van der Waals surface area contributed by atoms with Crippen LogP contribution in [0, 0.1) is 0 Å². The maximum atomic E-state index is 11.9. The number of hydrogen-bond acceptors (Lipinski definition) is 5. The van der Waals surface area contributed by atoms with Crippen LogP contribution >= 0.6 is 11.6 Å². The number of nitrogens with one attached hydrogen (secondary N) is 1. The van der Waals surface area contributed by atoms with E-state index in [2.05, 4.69) is 15.6 Å². The van der Waals surface area contributed by atoms with E-state index in [9.17, 15) is 9.59 Å². The Labute approximate surface area is 124 Å². The number of methoxy groups -OCH3 is 1. The maximum Gasteiger partial charge on any atom is 0.358 e. The summed E-state index contributed by atoms with van der Waals surface area (Å²) in [7, 11) is 1.47. The Morgan fingerprint density at radius 3 is 2.86 bits per heavy atom. The van der Waals surface area contributed by atoms with Gasteiger partial charge in [0.05, 0.1) is 19.0 Å². The third kappa shape index (κ3) is 3.69. The molecule has 2 aromatic rings. The molecule has 9 heteroatoms. The molecule has 0 aliphatic rings. The molecule has 0 saturated carbocycles. The molecule has 1 aromatic heterocycles. The standard InChI is InChI=1S/C12H11ClN4O4/c1-21-10-3-2-7(13)4-8(10)14-11(18)6-17-5-9(12(19)20)15-16-17/h2-5H,6H2,1H3,(H,14,18)(H,19,20). The number of carboxylic acids is 1. The highest BCUT2D eigenvalue weighted by Crippen LogP contribution is 2.27. The van der Waals surface area contributed by atoms with E-state index < -0.39 is 11.9 Å². The number of aromatic carboxylic acids is 1. The Morgan fingerprint density at radius 2 is 2.24 bits per heavy atom. The van der Waals surface area contributed by atoms with Gasteiger partial charge in [-0.05, 0) is 18.2 Å². The number of nitrogens with zero attached hydrogens (tertiary/aromatic N) is 3. The number of ether oxygens (including phenoxy) is 1. The summed E-state index contributed by atoms with van der Waals surface area (Å²) in [5.41, 5.74) is 0.178. The Kier molecular flexibility index (Phi) is 4.39. The summed E-state index contributed by atoms with van der Waals surface area (Å²) in [6.07, 6.45) is 1.16. The molecule has 0 bridgehead atoms. The molecular weight excluding hydrogens is 300 g/mol. The SMILES string of the molecule is COc1ccc(Cl)cc1NC(=O)Cn1cc(C(=O)O)nn1. The molecule has 0 spiro atoms. The van der Waals surface area contributed by atoms with Gasteiger partial charge < -0.3 is 15.2 Å². The normalized spacial score (nSPS) is 10.2. The summed E-state index contributed by atoms with van der Waals surface area (Å²) in [4.78, 5) is 22.6. The van der Waals surface area contributed by atoms with Gasteiger partial charge in [-0.25, -0.2) is 9.48 Å². The fourth-order valence-corrected chi connectivity index (χ4v) is 1.76. The van der Waals surface area contributed by atoms with E-state index in [4.69, 9.17) is 21.4 Å². The minimum absolute atomic E-state index is 0.185. The third-order valence-electron chi connectivity index (χ3n) is 2.50. The van der Waals surface area contributed by atoms with Gasteiger partial charge in [-0.2, -0.15) is 0 Å². The van der Waals surface area contributed by atoms with Gasteiger partial charge in [0.1, 0.15) is 12.3 Å². The average Bonchev–Trinajstić information content (AvgIpc) is 2.87. The quantitative estimate of drug-likeness (QED) is 0.861. The number of amides is 1. The summed E-state index contributed by atoms with van der Waals surface area (Å²) in [5.74, 6) is -1.17. The molecule has 0 atom stereocenters. The van der Waals surface area contributed by atoms with Gasteiger partial charge in [-0.1, -0.05) is 16.8 Å². The average molecular weight is 311 g/mol. The first-order valence-electron chi connectivity index (χ1n) is 5.76. The van der Waals surface area contributed by atoms with E-state index in [-0.39, 0.29) is 12.2 Å². The molecule has 2 rings (SSSR count). The predicted molar refractivity (Wildman–Crippen MR) is 73.6 cm³/mol. The molecule has 0 fully saturated rings. The second-order valence-electron chi connectivity index (χ2n) is 4.00. The fourth-order valence-electron chi connectivity index (χ4n) is 1.59. The van der Waals surface area contributed by atoms with Crippen molar-refractivity contribution >= 4 is 29.2 Å². The monoisotopic (exact) mass is 310 g/mol. The molecule has 0 saturated heterocycles. The van der Waals surface area contributed by atoms with E-state index in [1.807, 2.05) is 0 Å². The van der Waals surface area contributed by atoms with Crippen LogP contribution in [0.2, 0.25) is 5.02 Å². The minimum Gasteiger partial charge on any atom is -0.495 e. The summed E-state index contributed by atoms with van der Waals surface area (Å²) >= 11 is 5.86. The second-order valence-corrected chi connectivity index (χ2v) is 4.44. The first-order chi connectivity index (χ1) is 9.99. The fraction of sp³-hybridized carbons (Fsp3) is 0.167. The van der Waals surface area contributed by atoms with E-state index in [0.717, 1.165) is 10.9 Å². The number of aromatic nitrogens is 3. The molecule has 1 amide bonds. The molecule has 8 nitrogen and oxygen atoms in total. The Hall–Kier alpha value is -2.61. The van der Waals surface area contributed by atoms with Crippen LogP contribution in [0.1, 0.15) is 10.5 Å². The van der Waals surface area contributed by atoms with Crippen molar-refractivity contribution in [2.24, 2.45) is 0 Å². The van der Waals surface area contributed by atoms with Crippen molar-refractivity contribution in [1.29, 1.82) is 0 Å². The zero-order valence-corrected chi connectivity index (χ0v) is 11.7. The zero-order chi connectivity index (χ0) is 15.4. The van der Waals surface area contributed by atoms with Crippen LogP contribution in [0.5, 0.6) is 5.75 Å². The van der Waals surface area contributed by atoms with Crippen LogP contribution in [0.25, 0.3) is 0 Å². The van der Waals surface area contributed by atoms with Gasteiger partial charge >= 0.3 is 5.97 Å². The summed E-state index contributed by atoms with van der Waals surface area (Å²) in [5, 5.41) is 18.7. The molecule has 0 radical (unpaired) electrons. The van der Waals surface area contributed by atoms with Gasteiger partial charge in [0.2, 0.25) is 5.91 Å². The molecule has 2 N–H and O–H groups in total. The highest BCUT2D eigenvalue weighted by atomic mass is 35.5. The third-order valence-corrected chi connectivity index (χ3v) is 2.73. The van der Waals surface area contributed by atoms with E-state index in [1.54, 1.807) is 18.2 Å². The number of carbonyl (C=O) groups is 2. The topological polar surface area (TPSA) is 106 Å². The molecule has 0 aliphatic carbocycles. The van der Waals surface area contributed by atoms with Gasteiger partial charge in [-0.15, -0.1) is 5.10 Å². The smallest absolute Gasteiger partial charge is 0.358 e. The summed E-state index contributed by atoms with van der Waals surface area (Å²) in [6.45, 7) is -0.185. The molecule has 21 heavy (non-hydrogen) atoms. The van der Waals surface area contributed by atoms with E-state index in [0.29, 0.717) is 16.5 Å². The molecular formula is C12H11ClN4O4. The minimum atomic E-state index is -1.21.